The molecule has 0 unspecified atom stereocenters. The van der Waals surface area contributed by atoms with Gasteiger partial charge >= 0.3 is 0 Å². The number of rotatable bonds is 4. The van der Waals surface area contributed by atoms with Gasteiger partial charge in [-0.15, -0.1) is 0 Å². The Hall–Kier alpha value is -1.51. The summed E-state index contributed by atoms with van der Waals surface area (Å²) in [6.07, 6.45) is 0. The Morgan fingerprint density at radius 1 is 1.38 bits per heavy atom. The average molecular weight is 220 g/mol. The van der Waals surface area contributed by atoms with Gasteiger partial charge in [-0.05, 0) is 44.5 Å². The molecule has 1 aromatic rings. The molecule has 0 saturated carbocycles. The average Bonchev–Trinajstić information content (AvgIpc) is 2.28. The molecule has 0 aliphatic carbocycles. The topological polar surface area (TPSA) is 32.3 Å². The zero-order chi connectivity index (χ0) is 12.1. The quantitative estimate of drug-likeness (QED) is 0.845. The van der Waals surface area contributed by atoms with Crippen molar-refractivity contribution in [3.8, 4) is 0 Å². The van der Waals surface area contributed by atoms with Crippen LogP contribution in [-0.2, 0) is 0 Å². The Morgan fingerprint density at radius 2 is 2.06 bits per heavy atom. The second-order valence-electron chi connectivity index (χ2n) is 3.88. The zero-order valence-electron chi connectivity index (χ0n) is 10.5. The van der Waals surface area contributed by atoms with Crippen LogP contribution in [0.15, 0.2) is 18.2 Å². The van der Waals surface area contributed by atoms with Crippen LogP contribution in [0.25, 0.3) is 0 Å². The molecule has 88 valence electrons. The Morgan fingerprint density at radius 3 is 2.56 bits per heavy atom. The molecule has 0 aromatic heterocycles. The molecule has 1 N–H and O–H groups in total. The molecule has 0 heterocycles. The predicted octanol–water partition coefficient (Wildman–Crippen LogP) is 2.52. The third-order valence-corrected chi connectivity index (χ3v) is 2.66. The Labute approximate surface area is 97.5 Å². The summed E-state index contributed by atoms with van der Waals surface area (Å²) in [4.78, 5) is 13.7. The van der Waals surface area contributed by atoms with Crippen molar-refractivity contribution in [2.75, 3.05) is 25.5 Å². The maximum Gasteiger partial charge on any atom is 0.253 e. The number of nitrogens with zero attached hydrogens (tertiary/aromatic N) is 1. The molecule has 0 atom stereocenters. The number of carbonyl (C=O) groups is 1. The van der Waals surface area contributed by atoms with E-state index in [1.54, 1.807) is 4.90 Å². The van der Waals surface area contributed by atoms with Crippen LogP contribution < -0.4 is 5.32 Å². The van der Waals surface area contributed by atoms with Crippen LogP contribution in [0.3, 0.4) is 0 Å². The zero-order valence-corrected chi connectivity index (χ0v) is 10.5. The largest absolute Gasteiger partial charge is 0.385 e. The fraction of sp³-hybridized carbons (Fsp3) is 0.462. The molecule has 3 nitrogen and oxygen atoms in total. The van der Waals surface area contributed by atoms with Crippen LogP contribution in [0.5, 0.6) is 0 Å². The van der Waals surface area contributed by atoms with Gasteiger partial charge in [0.15, 0.2) is 0 Å². The summed E-state index contributed by atoms with van der Waals surface area (Å²) in [6.45, 7) is 7.62. The van der Waals surface area contributed by atoms with Crippen molar-refractivity contribution in [3.05, 3.63) is 29.3 Å². The normalized spacial score (nSPS) is 10.0. The lowest BCUT2D eigenvalue weighted by Gasteiger charge is -2.16. The Balaban J connectivity index is 2.94. The summed E-state index contributed by atoms with van der Waals surface area (Å²) in [7, 11) is 1.82. The lowest BCUT2D eigenvalue weighted by molar-refractivity contribution is 0.0802. The fourth-order valence-corrected chi connectivity index (χ4v) is 1.57. The van der Waals surface area contributed by atoms with E-state index in [0.717, 1.165) is 29.9 Å². The van der Waals surface area contributed by atoms with Crippen LogP contribution in [-0.4, -0.2) is 30.9 Å². The summed E-state index contributed by atoms with van der Waals surface area (Å²) in [6, 6.07) is 5.86. The standard InChI is InChI=1S/C13H20N2O/c1-5-14-11-7-8-12(10(3)9-11)13(16)15(4)6-2/h7-9,14H,5-6H2,1-4H3. The minimum Gasteiger partial charge on any atom is -0.385 e. The number of aryl methyl sites for hydroxylation is 1. The van der Waals surface area contributed by atoms with Gasteiger partial charge in [0, 0.05) is 31.4 Å². The summed E-state index contributed by atoms with van der Waals surface area (Å²) in [5.41, 5.74) is 2.87. The molecule has 0 radical (unpaired) electrons. The second kappa shape index (κ2) is 5.54. The molecular weight excluding hydrogens is 200 g/mol. The van der Waals surface area contributed by atoms with E-state index in [1.165, 1.54) is 0 Å². The summed E-state index contributed by atoms with van der Waals surface area (Å²) in [5.74, 6) is 0.0862. The Bertz CT molecular complexity index is 374. The highest BCUT2D eigenvalue weighted by Crippen LogP contribution is 2.16. The van der Waals surface area contributed by atoms with E-state index < -0.39 is 0 Å². The van der Waals surface area contributed by atoms with Crippen LogP contribution in [0, 0.1) is 6.92 Å². The van der Waals surface area contributed by atoms with Crippen molar-refractivity contribution in [1.29, 1.82) is 0 Å². The van der Waals surface area contributed by atoms with E-state index >= 15 is 0 Å². The van der Waals surface area contributed by atoms with E-state index in [1.807, 2.05) is 39.1 Å². The van der Waals surface area contributed by atoms with E-state index in [2.05, 4.69) is 12.2 Å². The number of hydrogen-bond donors (Lipinski definition) is 1. The first-order chi connectivity index (χ1) is 7.60. The third-order valence-electron chi connectivity index (χ3n) is 2.66. The van der Waals surface area contributed by atoms with Gasteiger partial charge in [-0.2, -0.15) is 0 Å². The first-order valence-corrected chi connectivity index (χ1v) is 5.70. The number of hydrogen-bond acceptors (Lipinski definition) is 2. The van der Waals surface area contributed by atoms with Gasteiger partial charge in [0.05, 0.1) is 0 Å². The molecule has 1 rings (SSSR count). The van der Waals surface area contributed by atoms with Gasteiger partial charge in [-0.25, -0.2) is 0 Å². The van der Waals surface area contributed by atoms with Gasteiger partial charge in [-0.1, -0.05) is 0 Å². The lowest BCUT2D eigenvalue weighted by Crippen LogP contribution is -2.26. The predicted molar refractivity (Wildman–Crippen MR) is 68.0 cm³/mol. The van der Waals surface area contributed by atoms with Crippen molar-refractivity contribution >= 4 is 11.6 Å². The summed E-state index contributed by atoms with van der Waals surface area (Å²) >= 11 is 0. The Kier molecular flexibility index (Phi) is 4.35. The van der Waals surface area contributed by atoms with E-state index in [9.17, 15) is 4.79 Å². The number of benzene rings is 1. The summed E-state index contributed by atoms with van der Waals surface area (Å²) in [5, 5.41) is 3.23. The van der Waals surface area contributed by atoms with E-state index in [4.69, 9.17) is 0 Å². The molecule has 0 aliphatic rings. The highest BCUT2D eigenvalue weighted by molar-refractivity contribution is 5.95. The minimum atomic E-state index is 0.0862. The smallest absolute Gasteiger partial charge is 0.253 e. The van der Waals surface area contributed by atoms with Crippen molar-refractivity contribution in [3.63, 3.8) is 0 Å². The van der Waals surface area contributed by atoms with Gasteiger partial charge in [0.25, 0.3) is 5.91 Å². The highest BCUT2D eigenvalue weighted by Gasteiger charge is 2.12. The summed E-state index contributed by atoms with van der Waals surface area (Å²) < 4.78 is 0. The lowest BCUT2D eigenvalue weighted by atomic mass is 10.1. The van der Waals surface area contributed by atoms with Gasteiger partial charge in [0.1, 0.15) is 0 Å². The number of carbonyl (C=O) groups excluding carboxylic acids is 1. The maximum atomic E-state index is 12.0. The first-order valence-electron chi connectivity index (χ1n) is 5.70. The molecule has 3 heteroatoms. The van der Waals surface area contributed by atoms with Crippen LogP contribution >= 0.6 is 0 Å². The highest BCUT2D eigenvalue weighted by atomic mass is 16.2. The third kappa shape index (κ3) is 2.75. The van der Waals surface area contributed by atoms with Gasteiger partial charge in [-0.3, -0.25) is 4.79 Å². The fourth-order valence-electron chi connectivity index (χ4n) is 1.57. The van der Waals surface area contributed by atoms with Crippen LogP contribution in [0.2, 0.25) is 0 Å². The minimum absolute atomic E-state index is 0.0862. The molecule has 0 fully saturated rings. The second-order valence-corrected chi connectivity index (χ2v) is 3.88. The van der Waals surface area contributed by atoms with E-state index in [-0.39, 0.29) is 5.91 Å². The number of nitrogens with one attached hydrogen (secondary N) is 1. The molecule has 16 heavy (non-hydrogen) atoms. The maximum absolute atomic E-state index is 12.0. The van der Waals surface area contributed by atoms with Crippen molar-refractivity contribution in [1.82, 2.24) is 4.90 Å². The van der Waals surface area contributed by atoms with Gasteiger partial charge in [0.2, 0.25) is 0 Å². The molecule has 1 amide bonds. The van der Waals surface area contributed by atoms with Crippen molar-refractivity contribution in [2.24, 2.45) is 0 Å². The molecular formula is C13H20N2O. The molecule has 0 bridgehead atoms. The molecule has 0 saturated heterocycles. The first kappa shape index (κ1) is 12.6. The number of amides is 1. The number of anilines is 1. The SMILES string of the molecule is CCNc1ccc(C(=O)N(C)CC)c(C)c1. The van der Waals surface area contributed by atoms with Crippen molar-refractivity contribution < 1.29 is 4.79 Å². The van der Waals surface area contributed by atoms with Crippen LogP contribution in [0.4, 0.5) is 5.69 Å². The van der Waals surface area contributed by atoms with Crippen LogP contribution in [0.1, 0.15) is 29.8 Å². The van der Waals surface area contributed by atoms with Gasteiger partial charge < -0.3 is 10.2 Å². The molecule has 0 aliphatic heterocycles. The van der Waals surface area contributed by atoms with Crippen molar-refractivity contribution in [2.45, 2.75) is 20.8 Å². The monoisotopic (exact) mass is 220 g/mol. The molecule has 1 aromatic carbocycles. The van der Waals surface area contributed by atoms with E-state index in [0.29, 0.717) is 0 Å². The molecule has 0 spiro atoms.